The predicted octanol–water partition coefficient (Wildman–Crippen LogP) is 3.13. The molecule has 0 spiro atoms. The molecule has 28 heavy (non-hydrogen) atoms. The van der Waals surface area contributed by atoms with Crippen LogP contribution in [0.2, 0.25) is 5.02 Å². The number of aromatic nitrogens is 1. The standard InChI is InChI=1S/C19H22ClN3O3S2/c1-22(2)28(25,26)16-6-7-18(20)17(11-16)19(24)23(15-8-10-27-13-15)12-14-5-3-4-9-21-14/h3-7,9,11,15H,8,10,12-13H2,1-2H3/t15-/m0/s1. The average Bonchev–Trinajstić information content (AvgIpc) is 3.21. The summed E-state index contributed by atoms with van der Waals surface area (Å²) in [4.78, 5) is 19.5. The van der Waals surface area contributed by atoms with Gasteiger partial charge in [0.25, 0.3) is 5.91 Å². The maximum absolute atomic E-state index is 13.4. The zero-order valence-electron chi connectivity index (χ0n) is 15.7. The van der Waals surface area contributed by atoms with Gasteiger partial charge < -0.3 is 4.90 Å². The van der Waals surface area contributed by atoms with Crippen LogP contribution in [0, 0.1) is 0 Å². The fourth-order valence-corrected chi connectivity index (χ4v) is 5.35. The van der Waals surface area contributed by atoms with Gasteiger partial charge in [0.2, 0.25) is 10.0 Å². The summed E-state index contributed by atoms with van der Waals surface area (Å²) in [7, 11) is -0.760. The van der Waals surface area contributed by atoms with E-state index in [-0.39, 0.29) is 27.4 Å². The number of carbonyl (C=O) groups is 1. The van der Waals surface area contributed by atoms with Gasteiger partial charge in [0.05, 0.1) is 27.7 Å². The van der Waals surface area contributed by atoms with E-state index in [0.29, 0.717) is 6.54 Å². The molecule has 2 aromatic rings. The topological polar surface area (TPSA) is 70.6 Å². The maximum Gasteiger partial charge on any atom is 0.256 e. The lowest BCUT2D eigenvalue weighted by Gasteiger charge is -2.29. The van der Waals surface area contributed by atoms with E-state index in [9.17, 15) is 13.2 Å². The molecular weight excluding hydrogens is 418 g/mol. The molecule has 0 aliphatic carbocycles. The number of hydrogen-bond donors (Lipinski definition) is 0. The van der Waals surface area contributed by atoms with Crippen molar-refractivity contribution in [3.05, 3.63) is 58.9 Å². The summed E-state index contributed by atoms with van der Waals surface area (Å²) in [6, 6.07) is 9.89. The summed E-state index contributed by atoms with van der Waals surface area (Å²) in [5.74, 6) is 1.55. The molecule has 0 bridgehead atoms. The van der Waals surface area contributed by atoms with E-state index in [1.54, 1.807) is 22.9 Å². The van der Waals surface area contributed by atoms with Crippen molar-refractivity contribution in [2.45, 2.75) is 23.9 Å². The molecule has 1 aliphatic rings. The van der Waals surface area contributed by atoms with E-state index in [1.807, 2.05) is 18.2 Å². The van der Waals surface area contributed by atoms with Crippen LogP contribution >= 0.6 is 23.4 Å². The first-order valence-electron chi connectivity index (χ1n) is 8.81. The Morgan fingerprint density at radius 3 is 2.68 bits per heavy atom. The number of pyridine rings is 1. The van der Waals surface area contributed by atoms with E-state index in [4.69, 9.17) is 11.6 Å². The van der Waals surface area contributed by atoms with Crippen LogP contribution < -0.4 is 0 Å². The summed E-state index contributed by atoms with van der Waals surface area (Å²) in [5, 5.41) is 0.236. The summed E-state index contributed by atoms with van der Waals surface area (Å²) in [6.07, 6.45) is 2.58. The van der Waals surface area contributed by atoms with E-state index >= 15 is 0 Å². The Kier molecular flexibility index (Phi) is 6.65. The van der Waals surface area contributed by atoms with Crippen molar-refractivity contribution < 1.29 is 13.2 Å². The first-order chi connectivity index (χ1) is 13.3. The lowest BCUT2D eigenvalue weighted by molar-refractivity contribution is 0.0678. The fourth-order valence-electron chi connectivity index (χ4n) is 3.00. The van der Waals surface area contributed by atoms with Gasteiger partial charge in [0.1, 0.15) is 0 Å². The van der Waals surface area contributed by atoms with Gasteiger partial charge in [-0.2, -0.15) is 11.8 Å². The second-order valence-electron chi connectivity index (χ2n) is 6.70. The highest BCUT2D eigenvalue weighted by atomic mass is 35.5. The van der Waals surface area contributed by atoms with Crippen LogP contribution in [0.1, 0.15) is 22.5 Å². The first-order valence-corrected chi connectivity index (χ1v) is 11.8. The van der Waals surface area contributed by atoms with Crippen LogP contribution in [0.4, 0.5) is 0 Å². The molecule has 2 heterocycles. The number of rotatable bonds is 6. The van der Waals surface area contributed by atoms with Crippen LogP contribution in [-0.2, 0) is 16.6 Å². The van der Waals surface area contributed by atoms with Crippen molar-refractivity contribution >= 4 is 39.3 Å². The lowest BCUT2D eigenvalue weighted by atomic mass is 10.1. The second kappa shape index (κ2) is 8.82. The Bertz CT molecular complexity index is 946. The quantitative estimate of drug-likeness (QED) is 0.691. The summed E-state index contributed by atoms with van der Waals surface area (Å²) >= 11 is 8.10. The van der Waals surface area contributed by atoms with E-state index < -0.39 is 10.0 Å². The van der Waals surface area contributed by atoms with Crippen molar-refractivity contribution in [1.29, 1.82) is 0 Å². The van der Waals surface area contributed by atoms with E-state index in [1.165, 1.54) is 32.3 Å². The summed E-state index contributed by atoms with van der Waals surface area (Å²) in [6.45, 7) is 0.353. The van der Waals surface area contributed by atoms with Gasteiger partial charge in [-0.15, -0.1) is 0 Å². The number of carbonyl (C=O) groups excluding carboxylic acids is 1. The average molecular weight is 440 g/mol. The van der Waals surface area contributed by atoms with Gasteiger partial charge in [-0.1, -0.05) is 17.7 Å². The van der Waals surface area contributed by atoms with Gasteiger partial charge in [0, 0.05) is 32.1 Å². The van der Waals surface area contributed by atoms with Gasteiger partial charge >= 0.3 is 0 Å². The largest absolute Gasteiger partial charge is 0.329 e. The van der Waals surface area contributed by atoms with Crippen molar-refractivity contribution in [3.8, 4) is 0 Å². The molecular formula is C19H22ClN3O3S2. The molecule has 9 heteroatoms. The minimum absolute atomic E-state index is 0.0452. The molecule has 0 unspecified atom stereocenters. The number of sulfonamides is 1. The number of hydrogen-bond acceptors (Lipinski definition) is 5. The van der Waals surface area contributed by atoms with Crippen molar-refractivity contribution in [1.82, 2.24) is 14.2 Å². The Morgan fingerprint density at radius 1 is 1.29 bits per heavy atom. The van der Waals surface area contributed by atoms with Crippen molar-refractivity contribution in [3.63, 3.8) is 0 Å². The van der Waals surface area contributed by atoms with Crippen molar-refractivity contribution in [2.24, 2.45) is 0 Å². The third-order valence-electron chi connectivity index (χ3n) is 4.61. The molecule has 1 amide bonds. The van der Waals surface area contributed by atoms with E-state index in [0.717, 1.165) is 27.9 Å². The zero-order valence-corrected chi connectivity index (χ0v) is 18.1. The number of nitrogens with zero attached hydrogens (tertiary/aromatic N) is 3. The Hall–Kier alpha value is -1.61. The smallest absolute Gasteiger partial charge is 0.256 e. The fraction of sp³-hybridized carbons (Fsp3) is 0.368. The van der Waals surface area contributed by atoms with Crippen molar-refractivity contribution in [2.75, 3.05) is 25.6 Å². The number of thioether (sulfide) groups is 1. The van der Waals surface area contributed by atoms with Crippen LogP contribution in [0.5, 0.6) is 0 Å². The molecule has 0 N–H and O–H groups in total. The molecule has 1 aromatic carbocycles. The number of benzene rings is 1. The highest BCUT2D eigenvalue weighted by Crippen LogP contribution is 2.28. The normalized spacial score (nSPS) is 17.1. The Labute approximate surface area is 174 Å². The molecule has 1 fully saturated rings. The molecule has 3 rings (SSSR count). The summed E-state index contributed by atoms with van der Waals surface area (Å²) < 4.78 is 26.1. The van der Waals surface area contributed by atoms with Crippen LogP contribution in [0.25, 0.3) is 0 Å². The molecule has 0 saturated carbocycles. The Balaban J connectivity index is 1.98. The number of amides is 1. The highest BCUT2D eigenvalue weighted by Gasteiger charge is 2.30. The second-order valence-corrected chi connectivity index (χ2v) is 10.4. The SMILES string of the molecule is CN(C)S(=O)(=O)c1ccc(Cl)c(C(=O)N(Cc2ccccn2)[C@H]2CCSC2)c1. The lowest BCUT2D eigenvalue weighted by Crippen LogP contribution is -2.40. The molecule has 6 nitrogen and oxygen atoms in total. The Morgan fingerprint density at radius 2 is 2.07 bits per heavy atom. The molecule has 1 aromatic heterocycles. The predicted molar refractivity (Wildman–Crippen MR) is 112 cm³/mol. The van der Waals surface area contributed by atoms with Gasteiger partial charge in [-0.3, -0.25) is 9.78 Å². The third-order valence-corrected chi connectivity index (χ3v) is 7.90. The molecule has 1 saturated heterocycles. The molecule has 1 aliphatic heterocycles. The molecule has 150 valence electrons. The highest BCUT2D eigenvalue weighted by molar-refractivity contribution is 7.99. The van der Waals surface area contributed by atoms with Crippen LogP contribution in [-0.4, -0.2) is 60.2 Å². The van der Waals surface area contributed by atoms with Crippen LogP contribution in [0.3, 0.4) is 0 Å². The monoisotopic (exact) mass is 439 g/mol. The van der Waals surface area contributed by atoms with Gasteiger partial charge in [-0.05, 0) is 42.5 Å². The van der Waals surface area contributed by atoms with Gasteiger partial charge in [0.15, 0.2) is 0 Å². The molecule has 1 atom stereocenters. The first kappa shape index (κ1) is 21.1. The zero-order chi connectivity index (χ0) is 20.3. The maximum atomic E-state index is 13.4. The number of halogens is 1. The van der Waals surface area contributed by atoms with Gasteiger partial charge in [-0.25, -0.2) is 12.7 Å². The minimum atomic E-state index is -3.67. The summed E-state index contributed by atoms with van der Waals surface area (Å²) in [5.41, 5.74) is 0.971. The molecule has 0 radical (unpaired) electrons. The van der Waals surface area contributed by atoms with E-state index in [2.05, 4.69) is 4.98 Å². The minimum Gasteiger partial charge on any atom is -0.329 e. The third kappa shape index (κ3) is 4.51. The van der Waals surface area contributed by atoms with Crippen LogP contribution in [0.15, 0.2) is 47.5 Å².